The van der Waals surface area contributed by atoms with Gasteiger partial charge in [-0.1, -0.05) is 35.9 Å². The molecule has 0 heterocycles. The summed E-state index contributed by atoms with van der Waals surface area (Å²) in [7, 11) is 1.47. The van der Waals surface area contributed by atoms with E-state index in [0.29, 0.717) is 11.3 Å². The lowest BCUT2D eigenvalue weighted by atomic mass is 10.0. The number of methoxy groups -OCH3 is 1. The van der Waals surface area contributed by atoms with Crippen LogP contribution in [0.15, 0.2) is 42.5 Å². The van der Waals surface area contributed by atoms with E-state index in [4.69, 9.17) is 9.84 Å². The van der Waals surface area contributed by atoms with Crippen molar-refractivity contribution in [2.24, 2.45) is 0 Å². The summed E-state index contributed by atoms with van der Waals surface area (Å²) in [5.74, 6) is -1.17. The van der Waals surface area contributed by atoms with Crippen LogP contribution in [0.1, 0.15) is 15.9 Å². The number of amides is 1. The molecule has 22 heavy (non-hydrogen) atoms. The number of hydrogen-bond acceptors (Lipinski definition) is 3. The van der Waals surface area contributed by atoms with Crippen molar-refractivity contribution in [2.45, 2.75) is 6.92 Å². The minimum Gasteiger partial charge on any atom is -0.496 e. The van der Waals surface area contributed by atoms with Gasteiger partial charge in [0.2, 0.25) is 0 Å². The maximum atomic E-state index is 12.0. The van der Waals surface area contributed by atoms with E-state index in [1.165, 1.54) is 12.7 Å². The molecule has 2 N–H and O–H groups in total. The van der Waals surface area contributed by atoms with Crippen LogP contribution in [0.2, 0.25) is 0 Å². The average molecular weight is 299 g/mol. The van der Waals surface area contributed by atoms with Crippen LogP contribution in [0.4, 0.5) is 0 Å². The maximum Gasteiger partial charge on any atom is 0.322 e. The van der Waals surface area contributed by atoms with E-state index >= 15 is 0 Å². The minimum absolute atomic E-state index is 0.305. The predicted molar refractivity (Wildman–Crippen MR) is 83.1 cm³/mol. The normalized spacial score (nSPS) is 10.1. The van der Waals surface area contributed by atoms with Crippen LogP contribution in [0.5, 0.6) is 5.75 Å². The lowest BCUT2D eigenvalue weighted by molar-refractivity contribution is -0.135. The van der Waals surface area contributed by atoms with Gasteiger partial charge in [-0.15, -0.1) is 0 Å². The zero-order valence-electron chi connectivity index (χ0n) is 12.4. The third-order valence-electron chi connectivity index (χ3n) is 3.23. The van der Waals surface area contributed by atoms with Crippen LogP contribution in [-0.4, -0.2) is 30.6 Å². The molecule has 2 aromatic carbocycles. The minimum atomic E-state index is -1.09. The maximum absolute atomic E-state index is 12.0. The second kappa shape index (κ2) is 6.76. The van der Waals surface area contributed by atoms with Crippen molar-refractivity contribution in [1.82, 2.24) is 5.32 Å². The van der Waals surface area contributed by atoms with Crippen LogP contribution in [0.3, 0.4) is 0 Å². The summed E-state index contributed by atoms with van der Waals surface area (Å²) < 4.78 is 5.25. The number of carbonyl (C=O) groups excluding carboxylic acids is 1. The molecule has 0 spiro atoms. The lowest BCUT2D eigenvalue weighted by Gasteiger charge is -2.11. The van der Waals surface area contributed by atoms with Crippen molar-refractivity contribution in [1.29, 1.82) is 0 Å². The van der Waals surface area contributed by atoms with E-state index in [2.05, 4.69) is 5.32 Å². The molecular formula is C17H17NO4. The van der Waals surface area contributed by atoms with Gasteiger partial charge in [-0.3, -0.25) is 9.59 Å². The zero-order valence-corrected chi connectivity index (χ0v) is 12.4. The molecule has 0 saturated heterocycles. The fourth-order valence-electron chi connectivity index (χ4n) is 2.06. The first-order valence-electron chi connectivity index (χ1n) is 6.76. The molecule has 0 bridgehead atoms. The van der Waals surface area contributed by atoms with Crippen LogP contribution in [0.25, 0.3) is 11.1 Å². The van der Waals surface area contributed by atoms with E-state index < -0.39 is 18.4 Å². The Hall–Kier alpha value is -2.82. The van der Waals surface area contributed by atoms with E-state index in [0.717, 1.165) is 11.1 Å². The number of carboxylic acids is 1. The molecule has 0 aromatic heterocycles. The van der Waals surface area contributed by atoms with Crippen LogP contribution in [-0.2, 0) is 4.79 Å². The van der Waals surface area contributed by atoms with Crippen molar-refractivity contribution < 1.29 is 19.4 Å². The SMILES string of the molecule is COc1cc(-c2ccc(C)cc2)ccc1C(=O)NCC(=O)O. The molecule has 0 aliphatic rings. The second-order valence-electron chi connectivity index (χ2n) is 4.86. The first-order chi connectivity index (χ1) is 10.5. The summed E-state index contributed by atoms with van der Waals surface area (Å²) in [6.07, 6.45) is 0. The van der Waals surface area contributed by atoms with E-state index in [-0.39, 0.29) is 0 Å². The molecule has 2 rings (SSSR count). The molecule has 1 amide bonds. The smallest absolute Gasteiger partial charge is 0.322 e. The van der Waals surface area contributed by atoms with Crippen molar-refractivity contribution in [3.05, 3.63) is 53.6 Å². The molecule has 0 radical (unpaired) electrons. The highest BCUT2D eigenvalue weighted by molar-refractivity contribution is 5.98. The number of benzene rings is 2. The Bertz CT molecular complexity index is 692. The summed E-state index contributed by atoms with van der Waals surface area (Å²) in [5, 5.41) is 10.9. The molecule has 0 fully saturated rings. The highest BCUT2D eigenvalue weighted by atomic mass is 16.5. The quantitative estimate of drug-likeness (QED) is 0.889. The number of carbonyl (C=O) groups is 2. The van der Waals surface area contributed by atoms with Crippen molar-refractivity contribution in [3.63, 3.8) is 0 Å². The molecule has 2 aromatic rings. The second-order valence-corrected chi connectivity index (χ2v) is 4.86. The highest BCUT2D eigenvalue weighted by Gasteiger charge is 2.14. The van der Waals surface area contributed by atoms with Crippen LogP contribution in [0, 0.1) is 6.92 Å². The van der Waals surface area contributed by atoms with Gasteiger partial charge in [-0.05, 0) is 30.2 Å². The number of carboxylic acid groups (broad SMARTS) is 1. The van der Waals surface area contributed by atoms with Crippen LogP contribution < -0.4 is 10.1 Å². The lowest BCUT2D eigenvalue weighted by Crippen LogP contribution is -2.29. The van der Waals surface area contributed by atoms with Gasteiger partial charge in [0.15, 0.2) is 0 Å². The molecule has 0 atom stereocenters. The fourth-order valence-corrected chi connectivity index (χ4v) is 2.06. The molecule has 0 saturated carbocycles. The first-order valence-corrected chi connectivity index (χ1v) is 6.76. The van der Waals surface area contributed by atoms with Crippen molar-refractivity contribution >= 4 is 11.9 Å². The Morgan fingerprint density at radius 2 is 1.73 bits per heavy atom. The fraction of sp³-hybridized carbons (Fsp3) is 0.176. The zero-order chi connectivity index (χ0) is 16.1. The van der Waals surface area contributed by atoms with Crippen molar-refractivity contribution in [3.8, 4) is 16.9 Å². The number of rotatable bonds is 5. The highest BCUT2D eigenvalue weighted by Crippen LogP contribution is 2.27. The standard InChI is InChI=1S/C17H17NO4/c1-11-3-5-12(6-4-11)13-7-8-14(15(9-13)22-2)17(21)18-10-16(19)20/h3-9H,10H2,1-2H3,(H,18,21)(H,19,20). The molecule has 114 valence electrons. The first kappa shape index (κ1) is 15.6. The van der Waals surface area contributed by atoms with Gasteiger partial charge in [0.25, 0.3) is 5.91 Å². The molecule has 0 aliphatic carbocycles. The summed E-state index contributed by atoms with van der Waals surface area (Å²) in [4.78, 5) is 22.5. The summed E-state index contributed by atoms with van der Waals surface area (Å²) >= 11 is 0. The summed E-state index contributed by atoms with van der Waals surface area (Å²) in [6.45, 7) is 1.59. The van der Waals surface area contributed by atoms with Gasteiger partial charge in [0.05, 0.1) is 12.7 Å². The van der Waals surface area contributed by atoms with Gasteiger partial charge in [-0.2, -0.15) is 0 Å². The molecule has 0 unspecified atom stereocenters. The Morgan fingerprint density at radius 3 is 2.32 bits per heavy atom. The van der Waals surface area contributed by atoms with Gasteiger partial charge in [0.1, 0.15) is 12.3 Å². The molecular weight excluding hydrogens is 282 g/mol. The average Bonchev–Trinajstić information content (AvgIpc) is 2.52. The molecule has 5 heteroatoms. The van der Waals surface area contributed by atoms with E-state index in [9.17, 15) is 9.59 Å². The Kier molecular flexibility index (Phi) is 4.78. The molecule has 5 nitrogen and oxygen atoms in total. The van der Waals surface area contributed by atoms with E-state index in [1.807, 2.05) is 37.3 Å². The number of nitrogens with one attached hydrogen (secondary N) is 1. The number of aryl methyl sites for hydroxylation is 1. The molecule has 0 aliphatic heterocycles. The largest absolute Gasteiger partial charge is 0.496 e. The van der Waals surface area contributed by atoms with Gasteiger partial charge >= 0.3 is 5.97 Å². The Balaban J connectivity index is 2.29. The topological polar surface area (TPSA) is 75.6 Å². The number of ether oxygens (including phenoxy) is 1. The van der Waals surface area contributed by atoms with E-state index in [1.54, 1.807) is 12.1 Å². The number of aliphatic carboxylic acids is 1. The Labute approximate surface area is 128 Å². The third-order valence-corrected chi connectivity index (χ3v) is 3.23. The van der Waals surface area contributed by atoms with Gasteiger partial charge in [-0.25, -0.2) is 0 Å². The van der Waals surface area contributed by atoms with Gasteiger partial charge in [0, 0.05) is 0 Å². The predicted octanol–water partition coefficient (Wildman–Crippen LogP) is 2.49. The Morgan fingerprint density at radius 1 is 1.09 bits per heavy atom. The summed E-state index contributed by atoms with van der Waals surface area (Å²) in [5.41, 5.74) is 3.41. The monoisotopic (exact) mass is 299 g/mol. The van der Waals surface area contributed by atoms with Crippen molar-refractivity contribution in [2.75, 3.05) is 13.7 Å². The third kappa shape index (κ3) is 3.63. The van der Waals surface area contributed by atoms with Crippen LogP contribution >= 0.6 is 0 Å². The summed E-state index contributed by atoms with van der Waals surface area (Å²) in [6, 6.07) is 13.2. The van der Waals surface area contributed by atoms with Gasteiger partial charge < -0.3 is 15.2 Å². The number of hydrogen-bond donors (Lipinski definition) is 2.